The van der Waals surface area contributed by atoms with Gasteiger partial charge in [0, 0.05) is 0 Å². The van der Waals surface area contributed by atoms with Gasteiger partial charge in [0.05, 0.1) is 22.9 Å². The molecular weight excluding hydrogens is 200 g/mol. The largest absolute Gasteiger partial charge is 0.469 e. The van der Waals surface area contributed by atoms with Crippen LogP contribution in [0.3, 0.4) is 0 Å². The van der Waals surface area contributed by atoms with E-state index in [0.29, 0.717) is 11.3 Å². The maximum absolute atomic E-state index is 11.6. The third-order valence-corrected chi connectivity index (χ3v) is 2.23. The van der Waals surface area contributed by atoms with Gasteiger partial charge >= 0.3 is 0 Å². The molecule has 0 aromatic carbocycles. The van der Waals surface area contributed by atoms with Crippen LogP contribution in [-0.2, 0) is 0 Å². The van der Waals surface area contributed by atoms with Crippen LogP contribution in [0.2, 0.25) is 0 Å². The van der Waals surface area contributed by atoms with E-state index in [0.717, 1.165) is 0 Å². The van der Waals surface area contributed by atoms with E-state index in [2.05, 4.69) is 5.32 Å². The number of rotatable bonds is 3. The maximum Gasteiger partial charge on any atom is 0.255 e. The Morgan fingerprint density at radius 2 is 2.36 bits per heavy atom. The van der Waals surface area contributed by atoms with E-state index in [-0.39, 0.29) is 16.9 Å². The zero-order valence-electron chi connectivity index (χ0n) is 8.03. The number of carbonyl (C=O) groups excluding carboxylic acids is 1. The third kappa shape index (κ3) is 2.32. The van der Waals surface area contributed by atoms with Crippen molar-refractivity contribution in [3.63, 3.8) is 0 Å². The van der Waals surface area contributed by atoms with E-state index in [1.807, 2.05) is 0 Å². The number of aryl methyl sites for hydroxylation is 1. The van der Waals surface area contributed by atoms with Crippen LogP contribution in [0, 0.1) is 6.92 Å². The van der Waals surface area contributed by atoms with Crippen molar-refractivity contribution in [3.05, 3.63) is 23.7 Å². The Morgan fingerprint density at radius 3 is 2.79 bits per heavy atom. The minimum Gasteiger partial charge on any atom is -0.469 e. The number of thiocarbonyl (C=S) groups is 1. The Balaban J connectivity index is 2.69. The first-order valence-corrected chi connectivity index (χ1v) is 4.57. The molecule has 0 aliphatic heterocycles. The summed E-state index contributed by atoms with van der Waals surface area (Å²) >= 11 is 4.74. The summed E-state index contributed by atoms with van der Waals surface area (Å²) in [6.45, 7) is 3.45. The fourth-order valence-electron chi connectivity index (χ4n) is 0.966. The molecule has 14 heavy (non-hydrogen) atoms. The smallest absolute Gasteiger partial charge is 0.255 e. The van der Waals surface area contributed by atoms with E-state index in [4.69, 9.17) is 22.4 Å². The predicted molar refractivity (Wildman–Crippen MR) is 57.2 cm³/mol. The van der Waals surface area contributed by atoms with E-state index < -0.39 is 0 Å². The highest BCUT2D eigenvalue weighted by Crippen LogP contribution is 2.08. The first-order valence-electron chi connectivity index (χ1n) is 4.16. The van der Waals surface area contributed by atoms with Crippen LogP contribution in [0.5, 0.6) is 0 Å². The fraction of sp³-hybridized carbons (Fsp3) is 0.333. The number of hydrogen-bond acceptors (Lipinski definition) is 3. The van der Waals surface area contributed by atoms with Crippen LogP contribution in [0.15, 0.2) is 16.7 Å². The standard InChI is InChI=1S/C9H12N2O2S/c1-5(8(10)14)11-9(12)7-3-4-13-6(7)2/h3-5H,1-2H3,(H2,10,14)(H,11,12). The lowest BCUT2D eigenvalue weighted by Gasteiger charge is -2.11. The average molecular weight is 212 g/mol. The highest BCUT2D eigenvalue weighted by molar-refractivity contribution is 7.80. The van der Waals surface area contributed by atoms with Crippen LogP contribution in [-0.4, -0.2) is 16.9 Å². The Morgan fingerprint density at radius 1 is 1.71 bits per heavy atom. The first-order chi connectivity index (χ1) is 6.52. The summed E-state index contributed by atoms with van der Waals surface area (Å²) in [5.74, 6) is 0.356. The summed E-state index contributed by atoms with van der Waals surface area (Å²) in [6.07, 6.45) is 1.47. The van der Waals surface area contributed by atoms with Crippen LogP contribution in [0.25, 0.3) is 0 Å². The summed E-state index contributed by atoms with van der Waals surface area (Å²) in [5.41, 5.74) is 5.88. The first kappa shape index (κ1) is 10.7. The molecule has 1 aromatic rings. The summed E-state index contributed by atoms with van der Waals surface area (Å²) in [7, 11) is 0. The molecule has 5 heteroatoms. The second kappa shape index (κ2) is 4.23. The Hall–Kier alpha value is -1.36. The molecule has 0 bridgehead atoms. The number of amides is 1. The lowest BCUT2D eigenvalue weighted by molar-refractivity contribution is 0.0948. The van der Waals surface area contributed by atoms with E-state index in [1.54, 1.807) is 19.9 Å². The van der Waals surface area contributed by atoms with Gasteiger partial charge in [-0.05, 0) is 19.9 Å². The summed E-state index contributed by atoms with van der Waals surface area (Å²) in [5, 5.41) is 2.66. The number of nitrogens with one attached hydrogen (secondary N) is 1. The van der Waals surface area contributed by atoms with Gasteiger partial charge in [-0.1, -0.05) is 12.2 Å². The number of nitrogens with two attached hydrogens (primary N) is 1. The fourth-order valence-corrected chi connectivity index (χ4v) is 1.02. The molecule has 3 N–H and O–H groups in total. The highest BCUT2D eigenvalue weighted by atomic mass is 32.1. The van der Waals surface area contributed by atoms with Gasteiger partial charge in [-0.3, -0.25) is 4.79 Å². The second-order valence-electron chi connectivity index (χ2n) is 2.99. The van der Waals surface area contributed by atoms with E-state index >= 15 is 0 Å². The monoisotopic (exact) mass is 212 g/mol. The third-order valence-electron chi connectivity index (χ3n) is 1.88. The average Bonchev–Trinajstić information content (AvgIpc) is 2.51. The van der Waals surface area contributed by atoms with Crippen molar-refractivity contribution in [3.8, 4) is 0 Å². The van der Waals surface area contributed by atoms with Crippen LogP contribution in [0.4, 0.5) is 0 Å². The lowest BCUT2D eigenvalue weighted by Crippen LogP contribution is -2.41. The number of hydrogen-bond donors (Lipinski definition) is 2. The molecular formula is C9H12N2O2S. The van der Waals surface area contributed by atoms with Crippen molar-refractivity contribution in [1.29, 1.82) is 0 Å². The molecule has 1 amide bonds. The van der Waals surface area contributed by atoms with Gasteiger partial charge in [0.25, 0.3) is 5.91 Å². The summed E-state index contributed by atoms with van der Waals surface area (Å²) < 4.78 is 5.00. The normalized spacial score (nSPS) is 12.1. The van der Waals surface area contributed by atoms with Crippen molar-refractivity contribution in [2.45, 2.75) is 19.9 Å². The molecule has 0 fully saturated rings. The van der Waals surface area contributed by atoms with Gasteiger partial charge in [0.2, 0.25) is 0 Å². The van der Waals surface area contributed by atoms with Crippen molar-refractivity contribution in [2.75, 3.05) is 0 Å². The molecule has 1 rings (SSSR count). The maximum atomic E-state index is 11.6. The highest BCUT2D eigenvalue weighted by Gasteiger charge is 2.14. The molecule has 1 unspecified atom stereocenters. The summed E-state index contributed by atoms with van der Waals surface area (Å²) in [6, 6.07) is 1.29. The second-order valence-corrected chi connectivity index (χ2v) is 3.46. The minimum absolute atomic E-state index is 0.225. The topological polar surface area (TPSA) is 68.3 Å². The number of carbonyl (C=O) groups is 1. The molecule has 1 heterocycles. The molecule has 0 aliphatic rings. The zero-order chi connectivity index (χ0) is 10.7. The van der Waals surface area contributed by atoms with Crippen LogP contribution >= 0.6 is 12.2 Å². The summed E-state index contributed by atoms with van der Waals surface area (Å²) in [4.78, 5) is 11.8. The Bertz CT molecular complexity index is 359. The molecule has 1 aromatic heterocycles. The molecule has 4 nitrogen and oxygen atoms in total. The van der Waals surface area contributed by atoms with Gasteiger partial charge in [-0.2, -0.15) is 0 Å². The molecule has 0 saturated carbocycles. The molecule has 76 valence electrons. The van der Waals surface area contributed by atoms with Gasteiger partial charge in [0.1, 0.15) is 5.76 Å². The predicted octanol–water partition coefficient (Wildman–Crippen LogP) is 0.992. The minimum atomic E-state index is -0.313. The lowest BCUT2D eigenvalue weighted by atomic mass is 10.2. The molecule has 0 spiro atoms. The van der Waals surface area contributed by atoms with Gasteiger partial charge < -0.3 is 15.5 Å². The molecule has 0 aliphatic carbocycles. The Kier molecular flexibility index (Phi) is 3.24. The van der Waals surface area contributed by atoms with E-state index in [9.17, 15) is 4.79 Å². The van der Waals surface area contributed by atoms with Gasteiger partial charge in [-0.15, -0.1) is 0 Å². The van der Waals surface area contributed by atoms with Crippen molar-refractivity contribution < 1.29 is 9.21 Å². The molecule has 0 radical (unpaired) electrons. The van der Waals surface area contributed by atoms with Gasteiger partial charge in [0.15, 0.2) is 0 Å². The SMILES string of the molecule is Cc1occc1C(=O)NC(C)C(N)=S. The van der Waals surface area contributed by atoms with Crippen LogP contribution < -0.4 is 11.1 Å². The van der Waals surface area contributed by atoms with Gasteiger partial charge in [-0.25, -0.2) is 0 Å². The van der Waals surface area contributed by atoms with E-state index in [1.165, 1.54) is 6.26 Å². The quantitative estimate of drug-likeness (QED) is 0.733. The van der Waals surface area contributed by atoms with Crippen molar-refractivity contribution >= 4 is 23.1 Å². The molecule has 0 saturated heterocycles. The van der Waals surface area contributed by atoms with Crippen molar-refractivity contribution in [1.82, 2.24) is 5.32 Å². The number of furan rings is 1. The zero-order valence-corrected chi connectivity index (χ0v) is 8.85. The molecule has 1 atom stereocenters. The van der Waals surface area contributed by atoms with Crippen LogP contribution in [0.1, 0.15) is 23.0 Å². The van der Waals surface area contributed by atoms with Crippen molar-refractivity contribution in [2.24, 2.45) is 5.73 Å². The Labute approximate surface area is 87.5 Å².